The lowest BCUT2D eigenvalue weighted by Crippen LogP contribution is -2.45. The van der Waals surface area contributed by atoms with Crippen LogP contribution in [-0.4, -0.2) is 71.5 Å². The Morgan fingerprint density at radius 1 is 1.34 bits per heavy atom. The second kappa shape index (κ2) is 8.53. The molecule has 0 bridgehead atoms. The fraction of sp³-hybridized carbons (Fsp3) is 0.737. The molecule has 1 amide bonds. The van der Waals surface area contributed by atoms with E-state index in [1.165, 1.54) is 18.4 Å². The molecule has 2 aliphatic heterocycles. The number of nitrogens with one attached hydrogen (secondary N) is 1. The van der Waals surface area contributed by atoms with Crippen molar-refractivity contribution in [3.63, 3.8) is 0 Å². The van der Waals surface area contributed by atoms with E-state index < -0.39 is 10.2 Å². The molecule has 0 saturated carbocycles. The van der Waals surface area contributed by atoms with Crippen LogP contribution in [0.3, 0.4) is 0 Å². The summed E-state index contributed by atoms with van der Waals surface area (Å²) in [5.41, 5.74) is 0.794. The van der Waals surface area contributed by atoms with Crippen LogP contribution in [0.2, 0.25) is 0 Å². The van der Waals surface area contributed by atoms with Crippen LogP contribution in [-0.2, 0) is 28.0 Å². The van der Waals surface area contributed by atoms with Crippen molar-refractivity contribution in [1.82, 2.24) is 23.5 Å². The number of nitrogens with zero attached hydrogens (tertiary/aromatic N) is 4. The van der Waals surface area contributed by atoms with Crippen molar-refractivity contribution in [1.29, 1.82) is 0 Å². The fourth-order valence-corrected chi connectivity index (χ4v) is 5.00. The van der Waals surface area contributed by atoms with E-state index in [0.717, 1.165) is 30.1 Å². The minimum absolute atomic E-state index is 0.00158. The molecule has 3 rings (SSSR count). The molecule has 29 heavy (non-hydrogen) atoms. The summed E-state index contributed by atoms with van der Waals surface area (Å²) in [5.74, 6) is 0.758. The van der Waals surface area contributed by atoms with Gasteiger partial charge in [-0.3, -0.25) is 9.59 Å². The molecule has 0 radical (unpaired) electrons. The monoisotopic (exact) mass is 425 g/mol. The Labute approximate surface area is 172 Å². The van der Waals surface area contributed by atoms with E-state index >= 15 is 0 Å². The van der Waals surface area contributed by atoms with Gasteiger partial charge in [0.2, 0.25) is 5.91 Å². The van der Waals surface area contributed by atoms with Gasteiger partial charge in [-0.05, 0) is 19.3 Å². The quantitative estimate of drug-likeness (QED) is 0.747. The van der Waals surface area contributed by atoms with Crippen molar-refractivity contribution in [2.24, 2.45) is 5.92 Å². The highest BCUT2D eigenvalue weighted by Crippen LogP contribution is 2.27. The van der Waals surface area contributed by atoms with Gasteiger partial charge in [-0.15, -0.1) is 0 Å². The van der Waals surface area contributed by atoms with E-state index in [9.17, 15) is 18.0 Å². The zero-order chi connectivity index (χ0) is 21.3. The number of rotatable bonds is 5. The van der Waals surface area contributed by atoms with E-state index in [-0.39, 0.29) is 29.8 Å². The maximum atomic E-state index is 12.7. The first kappa shape index (κ1) is 21.9. The Balaban J connectivity index is 1.81. The molecule has 0 aromatic carbocycles. The van der Waals surface area contributed by atoms with Gasteiger partial charge >= 0.3 is 0 Å². The number of hydrogen-bond donors (Lipinski definition) is 1. The molecule has 3 heterocycles. The maximum absolute atomic E-state index is 12.7. The number of likely N-dealkylation sites (tertiary alicyclic amines) is 1. The molecule has 1 N–H and O–H groups in total. The molecule has 2 aliphatic rings. The fourth-order valence-electron chi connectivity index (χ4n) is 3.93. The molecular formula is C19H31N5O4S. The molecule has 1 fully saturated rings. The van der Waals surface area contributed by atoms with Gasteiger partial charge in [0, 0.05) is 58.5 Å². The second-order valence-electron chi connectivity index (χ2n) is 8.18. The van der Waals surface area contributed by atoms with Crippen LogP contribution in [0, 0.1) is 5.92 Å². The Bertz CT molecular complexity index is 927. The van der Waals surface area contributed by atoms with Crippen molar-refractivity contribution in [2.45, 2.75) is 52.0 Å². The molecule has 0 unspecified atom stereocenters. The molecule has 1 aromatic rings. The van der Waals surface area contributed by atoms with Gasteiger partial charge in [-0.2, -0.15) is 17.0 Å². The van der Waals surface area contributed by atoms with Gasteiger partial charge in [0.05, 0.1) is 11.3 Å². The largest absolute Gasteiger partial charge is 0.342 e. The van der Waals surface area contributed by atoms with Crippen LogP contribution in [0.1, 0.15) is 56.1 Å². The van der Waals surface area contributed by atoms with Gasteiger partial charge in [0.25, 0.3) is 15.8 Å². The predicted molar refractivity (Wildman–Crippen MR) is 110 cm³/mol. The molecule has 9 nitrogen and oxygen atoms in total. The SMILES string of the molecule is CC[C@H](C)C(=O)N1CCC[C@H](c2nc3c(c(=O)[nH]2)CN(S(=O)(=O)N(C)C)CC3)C1. The van der Waals surface area contributed by atoms with Gasteiger partial charge in [0.1, 0.15) is 5.82 Å². The summed E-state index contributed by atoms with van der Waals surface area (Å²) in [6.45, 7) is 5.58. The minimum atomic E-state index is -3.58. The van der Waals surface area contributed by atoms with Crippen LogP contribution in [0.4, 0.5) is 0 Å². The van der Waals surface area contributed by atoms with Crippen molar-refractivity contribution in [2.75, 3.05) is 33.7 Å². The number of piperidine rings is 1. The summed E-state index contributed by atoms with van der Waals surface area (Å²) < 4.78 is 27.2. The van der Waals surface area contributed by atoms with E-state index in [4.69, 9.17) is 0 Å². The second-order valence-corrected chi connectivity index (χ2v) is 10.3. The van der Waals surface area contributed by atoms with Crippen LogP contribution in [0.25, 0.3) is 0 Å². The third kappa shape index (κ3) is 4.39. The molecule has 0 aliphatic carbocycles. The first-order chi connectivity index (χ1) is 13.6. The lowest BCUT2D eigenvalue weighted by atomic mass is 9.95. The number of carbonyl (C=O) groups is 1. The van der Waals surface area contributed by atoms with Crippen LogP contribution < -0.4 is 5.56 Å². The van der Waals surface area contributed by atoms with E-state index in [1.54, 1.807) is 0 Å². The third-order valence-corrected chi connectivity index (χ3v) is 7.88. The summed E-state index contributed by atoms with van der Waals surface area (Å²) in [6.07, 6.45) is 2.96. The van der Waals surface area contributed by atoms with Crippen molar-refractivity contribution in [3.8, 4) is 0 Å². The van der Waals surface area contributed by atoms with E-state index in [2.05, 4.69) is 9.97 Å². The summed E-state index contributed by atoms with van der Waals surface area (Å²) >= 11 is 0. The van der Waals surface area contributed by atoms with Gasteiger partial charge in [0.15, 0.2) is 0 Å². The van der Waals surface area contributed by atoms with Gasteiger partial charge in [-0.1, -0.05) is 13.8 Å². The average Bonchev–Trinajstić information content (AvgIpc) is 2.72. The van der Waals surface area contributed by atoms with Crippen molar-refractivity contribution in [3.05, 3.63) is 27.4 Å². The molecule has 1 saturated heterocycles. The lowest BCUT2D eigenvalue weighted by molar-refractivity contribution is -0.136. The highest BCUT2D eigenvalue weighted by atomic mass is 32.2. The number of H-pyrrole nitrogens is 1. The molecule has 162 valence electrons. The number of hydrogen-bond acceptors (Lipinski definition) is 5. The number of carbonyl (C=O) groups excluding carboxylic acids is 1. The standard InChI is InChI=1S/C19H31N5O4S/c1-5-13(2)19(26)23-9-6-7-14(11-23)17-20-16-8-10-24(29(27,28)22(3)4)12-15(16)18(25)21-17/h13-14H,5-12H2,1-4H3,(H,20,21,25)/t13-,14-/m0/s1. The van der Waals surface area contributed by atoms with Crippen molar-refractivity contribution < 1.29 is 13.2 Å². The van der Waals surface area contributed by atoms with E-state index in [0.29, 0.717) is 36.6 Å². The van der Waals surface area contributed by atoms with Gasteiger partial charge < -0.3 is 9.88 Å². The van der Waals surface area contributed by atoms with Gasteiger partial charge in [-0.25, -0.2) is 4.98 Å². The number of aromatic amines is 1. The summed E-state index contributed by atoms with van der Waals surface area (Å²) in [7, 11) is -0.619. The summed E-state index contributed by atoms with van der Waals surface area (Å²) in [6, 6.07) is 0. The van der Waals surface area contributed by atoms with Crippen molar-refractivity contribution >= 4 is 16.1 Å². The Kier molecular flexibility index (Phi) is 6.45. The summed E-state index contributed by atoms with van der Waals surface area (Å²) in [4.78, 5) is 34.7. The first-order valence-electron chi connectivity index (χ1n) is 10.2. The Hall–Kier alpha value is -1.78. The number of fused-ring (bicyclic) bond motifs is 1. The maximum Gasteiger partial charge on any atom is 0.281 e. The van der Waals surface area contributed by atoms with Crippen LogP contribution >= 0.6 is 0 Å². The molecule has 1 aromatic heterocycles. The first-order valence-corrected chi connectivity index (χ1v) is 11.6. The topological polar surface area (TPSA) is 107 Å². The molecule has 2 atom stereocenters. The average molecular weight is 426 g/mol. The normalized spacial score (nSPS) is 21.8. The smallest absolute Gasteiger partial charge is 0.281 e. The number of aromatic nitrogens is 2. The van der Waals surface area contributed by atoms with E-state index in [1.807, 2.05) is 18.7 Å². The molecule has 0 spiro atoms. The third-order valence-electron chi connectivity index (χ3n) is 5.99. The highest BCUT2D eigenvalue weighted by molar-refractivity contribution is 7.86. The van der Waals surface area contributed by atoms with Crippen LogP contribution in [0.5, 0.6) is 0 Å². The lowest BCUT2D eigenvalue weighted by Gasteiger charge is -2.34. The molecule has 10 heteroatoms. The molecular weight excluding hydrogens is 394 g/mol. The minimum Gasteiger partial charge on any atom is -0.342 e. The zero-order valence-corrected chi connectivity index (χ0v) is 18.5. The highest BCUT2D eigenvalue weighted by Gasteiger charge is 2.33. The predicted octanol–water partition coefficient (Wildman–Crippen LogP) is 0.687. The van der Waals surface area contributed by atoms with Crippen LogP contribution in [0.15, 0.2) is 4.79 Å². The Morgan fingerprint density at radius 3 is 2.72 bits per heavy atom. The number of amides is 1. The summed E-state index contributed by atoms with van der Waals surface area (Å²) in [5, 5.41) is 0. The zero-order valence-electron chi connectivity index (χ0n) is 17.6. The Morgan fingerprint density at radius 2 is 2.07 bits per heavy atom.